The summed E-state index contributed by atoms with van der Waals surface area (Å²) in [6, 6.07) is 0. The summed E-state index contributed by atoms with van der Waals surface area (Å²) < 4.78 is 12.7. The first-order valence-electron chi connectivity index (χ1n) is 8.30. The largest absolute Gasteiger partial charge is 0.459 e. The van der Waals surface area contributed by atoms with Gasteiger partial charge in [0.05, 0.1) is 11.7 Å². The molecule has 4 fully saturated rings. The second-order valence-corrected chi connectivity index (χ2v) is 8.33. The molecular formula is C17H27BClNO2. The summed E-state index contributed by atoms with van der Waals surface area (Å²) in [6.45, 7) is 7.05. The smallest absolute Gasteiger partial charge is 0.405 e. The maximum atomic E-state index is 6.47. The zero-order valence-electron chi connectivity index (χ0n) is 13.7. The van der Waals surface area contributed by atoms with Crippen LogP contribution in [0.2, 0.25) is 6.32 Å². The molecule has 1 heterocycles. The van der Waals surface area contributed by atoms with Crippen LogP contribution in [0.4, 0.5) is 0 Å². The van der Waals surface area contributed by atoms with Crippen molar-refractivity contribution in [3.05, 3.63) is 24.3 Å². The summed E-state index contributed by atoms with van der Waals surface area (Å²) in [6.07, 6.45) is 12.6. The molecule has 0 aromatic heterocycles. The highest BCUT2D eigenvalue weighted by molar-refractivity contribution is 6.45. The van der Waals surface area contributed by atoms with Gasteiger partial charge in [0.1, 0.15) is 0 Å². The number of nitrogens with two attached hydrogens (primary N) is 1. The Morgan fingerprint density at radius 2 is 2.00 bits per heavy atom. The highest BCUT2D eigenvalue weighted by Gasteiger charge is 2.67. The zero-order valence-corrected chi connectivity index (χ0v) is 14.6. The molecule has 3 saturated carbocycles. The number of hydrogen-bond acceptors (Lipinski definition) is 3. The lowest BCUT2D eigenvalue weighted by Gasteiger charge is -2.64. The fourth-order valence-electron chi connectivity index (χ4n) is 5.18. The summed E-state index contributed by atoms with van der Waals surface area (Å²) in [5.41, 5.74) is 6.44. The van der Waals surface area contributed by atoms with Crippen LogP contribution < -0.4 is 5.73 Å². The van der Waals surface area contributed by atoms with Crippen molar-refractivity contribution < 1.29 is 9.31 Å². The minimum atomic E-state index is -0.318. The van der Waals surface area contributed by atoms with E-state index in [9.17, 15) is 0 Å². The highest BCUT2D eigenvalue weighted by Crippen LogP contribution is 2.65. The molecule has 5 rings (SSSR count). The van der Waals surface area contributed by atoms with Crippen molar-refractivity contribution in [3.8, 4) is 0 Å². The molecule has 5 heteroatoms. The van der Waals surface area contributed by atoms with Gasteiger partial charge >= 0.3 is 7.12 Å². The Labute approximate surface area is 140 Å². The van der Waals surface area contributed by atoms with Gasteiger partial charge in [-0.1, -0.05) is 38.2 Å². The fourth-order valence-corrected chi connectivity index (χ4v) is 5.18. The molecule has 2 bridgehead atoms. The van der Waals surface area contributed by atoms with Crippen molar-refractivity contribution in [1.29, 1.82) is 0 Å². The molecule has 2 N–H and O–H groups in total. The van der Waals surface area contributed by atoms with E-state index in [1.54, 1.807) is 0 Å². The third-order valence-electron chi connectivity index (χ3n) is 6.72. The Balaban J connectivity index is 0.00000144. The number of rotatable bonds is 2. The van der Waals surface area contributed by atoms with E-state index < -0.39 is 0 Å². The highest BCUT2D eigenvalue weighted by atomic mass is 35.5. The van der Waals surface area contributed by atoms with Crippen molar-refractivity contribution in [2.45, 2.75) is 63.6 Å². The van der Waals surface area contributed by atoms with E-state index in [0.29, 0.717) is 11.3 Å². The summed E-state index contributed by atoms with van der Waals surface area (Å²) >= 11 is 0. The molecular weight excluding hydrogens is 296 g/mol. The fraction of sp³-hybridized carbons (Fsp3) is 0.765. The molecule has 122 valence electrons. The van der Waals surface area contributed by atoms with Gasteiger partial charge in [0.15, 0.2) is 0 Å². The van der Waals surface area contributed by atoms with E-state index in [2.05, 4.69) is 39.0 Å². The van der Waals surface area contributed by atoms with Crippen LogP contribution in [0.5, 0.6) is 0 Å². The molecule has 0 aromatic carbocycles. The van der Waals surface area contributed by atoms with Crippen LogP contribution in [-0.2, 0) is 9.31 Å². The van der Waals surface area contributed by atoms with Crippen LogP contribution in [0.15, 0.2) is 24.3 Å². The first-order valence-corrected chi connectivity index (χ1v) is 8.30. The standard InChI is InChI=1S/C17H26BNO2.ClH/c1-15(2)12-9-13(15)16(3)14(10-12)20-18(21-16)11-17(19)7-5-4-6-8-17;/h4-7,12-14H,8-11,19H2,1-3H3;1H/t12-,13-,14+,16-,17-;/m1./s1. The van der Waals surface area contributed by atoms with E-state index in [1.165, 1.54) is 6.42 Å². The van der Waals surface area contributed by atoms with Gasteiger partial charge in [0, 0.05) is 11.9 Å². The van der Waals surface area contributed by atoms with Gasteiger partial charge in [0.2, 0.25) is 0 Å². The van der Waals surface area contributed by atoms with E-state index in [1.807, 2.05) is 6.08 Å². The number of hydrogen-bond donors (Lipinski definition) is 1. The number of halogens is 1. The van der Waals surface area contributed by atoms with E-state index in [4.69, 9.17) is 15.0 Å². The van der Waals surface area contributed by atoms with Gasteiger partial charge in [-0.25, -0.2) is 0 Å². The maximum absolute atomic E-state index is 6.47. The third kappa shape index (κ3) is 2.22. The molecule has 0 amide bonds. The summed E-state index contributed by atoms with van der Waals surface area (Å²) in [5.74, 6) is 1.42. The van der Waals surface area contributed by atoms with Crippen molar-refractivity contribution in [2.24, 2.45) is 23.0 Å². The van der Waals surface area contributed by atoms with E-state index in [0.717, 1.165) is 25.1 Å². The average Bonchev–Trinajstić information content (AvgIpc) is 2.73. The van der Waals surface area contributed by atoms with Gasteiger partial charge in [-0.3, -0.25) is 0 Å². The monoisotopic (exact) mass is 323 g/mol. The molecule has 22 heavy (non-hydrogen) atoms. The van der Waals surface area contributed by atoms with Crippen LogP contribution >= 0.6 is 12.4 Å². The molecule has 0 radical (unpaired) electrons. The summed E-state index contributed by atoms with van der Waals surface area (Å²) in [4.78, 5) is 0. The first kappa shape index (κ1) is 16.6. The van der Waals surface area contributed by atoms with Crippen molar-refractivity contribution in [2.75, 3.05) is 0 Å². The molecule has 5 atom stereocenters. The molecule has 0 unspecified atom stereocenters. The summed E-state index contributed by atoms with van der Waals surface area (Å²) in [5, 5.41) is 0. The summed E-state index contributed by atoms with van der Waals surface area (Å²) in [7, 11) is -0.156. The van der Waals surface area contributed by atoms with Crippen LogP contribution in [-0.4, -0.2) is 24.4 Å². The normalized spacial score (nSPS) is 47.6. The third-order valence-corrected chi connectivity index (χ3v) is 6.72. The van der Waals surface area contributed by atoms with Gasteiger partial charge in [0.25, 0.3) is 0 Å². The van der Waals surface area contributed by atoms with Gasteiger partial charge in [-0.05, 0) is 43.4 Å². The molecule has 0 spiro atoms. The minimum absolute atomic E-state index is 0. The van der Waals surface area contributed by atoms with Crippen molar-refractivity contribution >= 4 is 19.5 Å². The molecule has 5 aliphatic rings. The van der Waals surface area contributed by atoms with Gasteiger partial charge in [-0.15, -0.1) is 12.4 Å². The first-order chi connectivity index (χ1) is 9.83. The van der Waals surface area contributed by atoms with Crippen LogP contribution in [0.25, 0.3) is 0 Å². The minimum Gasteiger partial charge on any atom is -0.405 e. The molecule has 1 aliphatic heterocycles. The van der Waals surface area contributed by atoms with Crippen LogP contribution in [0.1, 0.15) is 40.0 Å². The molecule has 0 aromatic rings. The second kappa shape index (κ2) is 5.10. The lowest BCUT2D eigenvalue weighted by Crippen LogP contribution is -2.65. The van der Waals surface area contributed by atoms with E-state index >= 15 is 0 Å². The predicted octanol–water partition coefficient (Wildman–Crippen LogP) is 3.35. The number of allylic oxidation sites excluding steroid dienone is 2. The Bertz CT molecular complexity index is 523. The van der Waals surface area contributed by atoms with Crippen molar-refractivity contribution in [3.63, 3.8) is 0 Å². The Morgan fingerprint density at radius 1 is 1.23 bits per heavy atom. The second-order valence-electron chi connectivity index (χ2n) is 8.33. The Kier molecular flexibility index (Phi) is 3.84. The molecule has 1 saturated heterocycles. The Morgan fingerprint density at radius 3 is 2.64 bits per heavy atom. The lowest BCUT2D eigenvalue weighted by atomic mass is 9.43. The van der Waals surface area contributed by atoms with Crippen molar-refractivity contribution in [1.82, 2.24) is 0 Å². The topological polar surface area (TPSA) is 44.5 Å². The van der Waals surface area contributed by atoms with E-state index in [-0.39, 0.29) is 36.8 Å². The van der Waals surface area contributed by atoms with Gasteiger partial charge in [-0.2, -0.15) is 0 Å². The quantitative estimate of drug-likeness (QED) is 0.793. The van der Waals surface area contributed by atoms with Gasteiger partial charge < -0.3 is 15.0 Å². The Hall–Kier alpha value is -0.285. The predicted molar refractivity (Wildman–Crippen MR) is 92.0 cm³/mol. The zero-order chi connectivity index (χ0) is 14.9. The van der Waals surface area contributed by atoms with Crippen LogP contribution in [0, 0.1) is 17.3 Å². The molecule has 4 aliphatic carbocycles. The maximum Gasteiger partial charge on any atom is 0.459 e. The lowest BCUT2D eigenvalue weighted by molar-refractivity contribution is -0.199. The molecule has 3 nitrogen and oxygen atoms in total. The average molecular weight is 324 g/mol. The van der Waals surface area contributed by atoms with Crippen LogP contribution in [0.3, 0.4) is 0 Å². The SMILES string of the molecule is CC1(C)[C@H]2C[C@@H]3OB(C[C@@]4(N)C=CC=CC4)O[C@]3(C)[C@@H]1C2.Cl.